The third kappa shape index (κ3) is 10.1. The standard InChI is InChI=1S/C42H47ClN10O8S/c1-26(2)62(59,60)35-6-4-3-5-33(35)48-38-32(43)24-46-42(50-38)47-27-7-10-29(11-8-27)52-18-16-51(17-19-52)20-22-61-21-15-44-37(55)25-45-28-9-12-30-31(23-28)41(58)53(40(30)57)34-13-14-36(54)49-39(34)56/h3-12,23-24,26,34,45H,13-22,25H2,1-2H3,(H,44,55)(H,49,54,56)(H2,46,47,48,50). The van der Waals surface area contributed by atoms with E-state index in [2.05, 4.69) is 46.4 Å². The molecule has 0 aliphatic carbocycles. The lowest BCUT2D eigenvalue weighted by atomic mass is 10.0. The molecule has 7 rings (SSSR count). The molecule has 3 aliphatic heterocycles. The number of carbonyl (C=O) groups excluding carboxylic acids is 5. The Kier molecular flexibility index (Phi) is 13.7. The van der Waals surface area contributed by atoms with Gasteiger partial charge in [-0.3, -0.25) is 39.1 Å². The maximum atomic E-state index is 13.1. The van der Waals surface area contributed by atoms with Gasteiger partial charge in [-0.25, -0.2) is 13.4 Å². The fraction of sp³-hybridized carbons (Fsp3) is 0.357. The van der Waals surface area contributed by atoms with E-state index in [0.717, 1.165) is 49.0 Å². The highest BCUT2D eigenvalue weighted by Crippen LogP contribution is 2.32. The van der Waals surface area contributed by atoms with Gasteiger partial charge >= 0.3 is 0 Å². The Morgan fingerprint density at radius 3 is 2.39 bits per heavy atom. The van der Waals surface area contributed by atoms with Crippen molar-refractivity contribution >= 4 is 85.5 Å². The number of ether oxygens (including phenoxy) is 1. The lowest BCUT2D eigenvalue weighted by molar-refractivity contribution is -0.136. The Morgan fingerprint density at radius 2 is 1.65 bits per heavy atom. The molecule has 4 heterocycles. The Balaban J connectivity index is 0.785. The Hall–Kier alpha value is -6.15. The third-order valence-electron chi connectivity index (χ3n) is 10.7. The smallest absolute Gasteiger partial charge is 0.262 e. The second-order valence-electron chi connectivity index (χ2n) is 15.1. The van der Waals surface area contributed by atoms with Crippen LogP contribution < -0.4 is 31.5 Å². The van der Waals surface area contributed by atoms with Gasteiger partial charge in [-0.15, -0.1) is 0 Å². The SMILES string of the molecule is CC(C)S(=O)(=O)c1ccccc1Nc1nc(Nc2ccc(N3CCN(CCOCCNC(=O)CNc4ccc5c(c4)C(=O)N(C4CCC(=O)NC4=O)C5=O)CC3)cc2)ncc1Cl. The number of amides is 5. The van der Waals surface area contributed by atoms with Crippen molar-refractivity contribution in [2.75, 3.05) is 79.9 Å². The minimum Gasteiger partial charge on any atom is -0.378 e. The summed E-state index contributed by atoms with van der Waals surface area (Å²) in [7, 11) is -3.55. The lowest BCUT2D eigenvalue weighted by Crippen LogP contribution is -2.54. The van der Waals surface area contributed by atoms with Crippen molar-refractivity contribution in [1.29, 1.82) is 0 Å². The van der Waals surface area contributed by atoms with Crippen LogP contribution in [-0.4, -0.2) is 128 Å². The van der Waals surface area contributed by atoms with E-state index < -0.39 is 44.8 Å². The Morgan fingerprint density at radius 1 is 0.919 bits per heavy atom. The fourth-order valence-corrected chi connectivity index (χ4v) is 8.55. The van der Waals surface area contributed by atoms with E-state index in [0.29, 0.717) is 37.1 Å². The van der Waals surface area contributed by atoms with Gasteiger partial charge in [0, 0.05) is 62.8 Å². The topological polar surface area (TPSA) is 224 Å². The van der Waals surface area contributed by atoms with Crippen LogP contribution in [0.3, 0.4) is 0 Å². The van der Waals surface area contributed by atoms with Crippen molar-refractivity contribution < 1.29 is 37.1 Å². The van der Waals surface area contributed by atoms with Crippen molar-refractivity contribution in [3.05, 3.63) is 89.1 Å². The van der Waals surface area contributed by atoms with Gasteiger partial charge in [0.2, 0.25) is 23.7 Å². The van der Waals surface area contributed by atoms with Crippen molar-refractivity contribution in [2.45, 2.75) is 42.9 Å². The van der Waals surface area contributed by atoms with Crippen LogP contribution in [0.5, 0.6) is 0 Å². The molecule has 2 fully saturated rings. The molecule has 326 valence electrons. The van der Waals surface area contributed by atoms with Crippen LogP contribution in [-0.2, 0) is 29.0 Å². The van der Waals surface area contributed by atoms with Crippen LogP contribution in [0.1, 0.15) is 47.4 Å². The highest BCUT2D eigenvalue weighted by molar-refractivity contribution is 7.92. The number of piperazine rings is 1. The molecular formula is C42H47ClN10O8S. The number of para-hydroxylation sites is 1. The van der Waals surface area contributed by atoms with E-state index >= 15 is 0 Å². The van der Waals surface area contributed by atoms with Gasteiger partial charge in [0.1, 0.15) is 11.1 Å². The predicted molar refractivity (Wildman–Crippen MR) is 233 cm³/mol. The number of hydrogen-bond acceptors (Lipinski definition) is 15. The molecular weight excluding hydrogens is 840 g/mol. The van der Waals surface area contributed by atoms with Crippen LogP contribution >= 0.6 is 11.6 Å². The van der Waals surface area contributed by atoms with Crippen LogP contribution in [0.25, 0.3) is 0 Å². The number of fused-ring (bicyclic) bond motifs is 1. The fourth-order valence-electron chi connectivity index (χ4n) is 7.21. The largest absolute Gasteiger partial charge is 0.378 e. The molecule has 0 radical (unpaired) electrons. The first-order valence-corrected chi connectivity index (χ1v) is 22.1. The highest BCUT2D eigenvalue weighted by atomic mass is 35.5. The molecule has 1 unspecified atom stereocenters. The summed E-state index contributed by atoms with van der Waals surface area (Å²) in [5.41, 5.74) is 2.97. The molecule has 3 aliphatic rings. The average Bonchev–Trinajstić information content (AvgIpc) is 3.50. The molecule has 4 aromatic rings. The molecule has 0 spiro atoms. The van der Waals surface area contributed by atoms with Gasteiger partial charge in [-0.2, -0.15) is 4.98 Å². The van der Waals surface area contributed by atoms with E-state index in [4.69, 9.17) is 16.3 Å². The van der Waals surface area contributed by atoms with Crippen molar-refractivity contribution in [1.82, 2.24) is 30.4 Å². The van der Waals surface area contributed by atoms with Crippen LogP contribution in [0.15, 0.2) is 77.8 Å². The van der Waals surface area contributed by atoms with Crippen LogP contribution in [0.2, 0.25) is 5.02 Å². The number of sulfone groups is 1. The normalized spacial score (nSPS) is 16.9. The summed E-state index contributed by atoms with van der Waals surface area (Å²) in [5.74, 6) is -2.04. The summed E-state index contributed by atoms with van der Waals surface area (Å²) < 4.78 is 31.6. The molecule has 5 amide bonds. The monoisotopic (exact) mass is 886 g/mol. The zero-order valence-electron chi connectivity index (χ0n) is 34.1. The van der Waals surface area contributed by atoms with Crippen molar-refractivity contribution in [3.8, 4) is 0 Å². The van der Waals surface area contributed by atoms with E-state index in [1.807, 2.05) is 24.3 Å². The summed E-state index contributed by atoms with van der Waals surface area (Å²) in [6, 6.07) is 18.1. The van der Waals surface area contributed by atoms with Gasteiger partial charge in [-0.1, -0.05) is 23.7 Å². The number of aromatic nitrogens is 2. The first-order valence-electron chi connectivity index (χ1n) is 20.2. The van der Waals surface area contributed by atoms with Crippen molar-refractivity contribution in [3.63, 3.8) is 0 Å². The van der Waals surface area contributed by atoms with Crippen molar-refractivity contribution in [2.24, 2.45) is 0 Å². The van der Waals surface area contributed by atoms with Crippen LogP contribution in [0, 0.1) is 0 Å². The van der Waals surface area contributed by atoms with E-state index in [-0.39, 0.29) is 52.2 Å². The lowest BCUT2D eigenvalue weighted by Gasteiger charge is -2.36. The van der Waals surface area contributed by atoms with Gasteiger partial charge in [-0.05, 0) is 74.9 Å². The number of rotatable bonds is 17. The number of carbonyl (C=O) groups is 5. The maximum Gasteiger partial charge on any atom is 0.262 e. The Bertz CT molecular complexity index is 2460. The summed E-state index contributed by atoms with van der Waals surface area (Å²) in [6.45, 7) is 8.52. The predicted octanol–water partition coefficient (Wildman–Crippen LogP) is 3.57. The number of piperidine rings is 1. The first-order chi connectivity index (χ1) is 29.8. The zero-order chi connectivity index (χ0) is 44.0. The molecule has 2 saturated heterocycles. The Labute approximate surface area is 363 Å². The summed E-state index contributed by atoms with van der Waals surface area (Å²) >= 11 is 6.40. The van der Waals surface area contributed by atoms with Gasteiger partial charge < -0.3 is 30.9 Å². The van der Waals surface area contributed by atoms with Gasteiger partial charge in [0.15, 0.2) is 15.7 Å². The molecule has 20 heteroatoms. The number of nitrogens with one attached hydrogen (secondary N) is 5. The van der Waals surface area contributed by atoms with Gasteiger partial charge in [0.25, 0.3) is 11.8 Å². The highest BCUT2D eigenvalue weighted by Gasteiger charge is 2.44. The molecule has 1 aromatic heterocycles. The molecule has 5 N–H and O–H groups in total. The number of nitrogens with zero attached hydrogens (tertiary/aromatic N) is 5. The minimum absolute atomic E-state index is 0.0372. The first kappa shape index (κ1) is 43.9. The molecule has 62 heavy (non-hydrogen) atoms. The minimum atomic E-state index is -3.55. The number of halogens is 1. The molecule has 3 aromatic carbocycles. The maximum absolute atomic E-state index is 13.1. The van der Waals surface area contributed by atoms with Crippen LogP contribution in [0.4, 0.5) is 34.5 Å². The van der Waals surface area contributed by atoms with E-state index in [1.165, 1.54) is 18.3 Å². The summed E-state index contributed by atoms with van der Waals surface area (Å²) in [4.78, 5) is 76.8. The number of anilines is 6. The van der Waals surface area contributed by atoms with E-state index in [9.17, 15) is 32.4 Å². The quantitative estimate of drug-likeness (QED) is 0.0755. The number of benzene rings is 3. The molecule has 0 saturated carbocycles. The second kappa shape index (κ2) is 19.3. The summed E-state index contributed by atoms with van der Waals surface area (Å²) in [5, 5.41) is 13.8. The number of hydrogen-bond donors (Lipinski definition) is 5. The molecule has 18 nitrogen and oxygen atoms in total. The van der Waals surface area contributed by atoms with E-state index in [1.54, 1.807) is 44.2 Å². The summed E-state index contributed by atoms with van der Waals surface area (Å²) in [6.07, 6.45) is 1.56. The molecule has 1 atom stereocenters. The average molecular weight is 887 g/mol. The third-order valence-corrected chi connectivity index (χ3v) is 13.2. The van der Waals surface area contributed by atoms with Gasteiger partial charge in [0.05, 0.1) is 52.9 Å². The molecule has 0 bridgehead atoms. The number of imide groups is 2. The zero-order valence-corrected chi connectivity index (χ0v) is 35.7. The second-order valence-corrected chi connectivity index (χ2v) is 18.0.